The number of fused-ring (bicyclic) bond motifs is 2. The molecule has 1 aromatic carbocycles. The molecule has 1 aliphatic heterocycles. The number of hydrogen-bond acceptors (Lipinski definition) is 5. The van der Waals surface area contributed by atoms with Gasteiger partial charge in [0, 0.05) is 47.3 Å². The van der Waals surface area contributed by atoms with Gasteiger partial charge in [-0.15, -0.1) is 0 Å². The Labute approximate surface area is 228 Å². The molecule has 9 atom stereocenters. The lowest BCUT2D eigenvalue weighted by Gasteiger charge is -2.49. The number of ketones is 2. The maximum Gasteiger partial charge on any atom is 0.235 e. The summed E-state index contributed by atoms with van der Waals surface area (Å²) in [6, 6.07) is 7.62. The fourth-order valence-corrected chi connectivity index (χ4v) is 8.40. The molecule has 1 saturated heterocycles. The fraction of sp³-hybridized carbons (Fsp3) is 0.469. The number of amides is 1. The van der Waals surface area contributed by atoms with Gasteiger partial charge in [0.05, 0.1) is 6.10 Å². The van der Waals surface area contributed by atoms with Gasteiger partial charge in [0.25, 0.3) is 0 Å². The first-order chi connectivity index (χ1) is 18.6. The van der Waals surface area contributed by atoms with Crippen molar-refractivity contribution in [3.63, 3.8) is 0 Å². The van der Waals surface area contributed by atoms with Gasteiger partial charge in [-0.3, -0.25) is 14.4 Å². The number of Topliss-reactive ketones (excluding diaryl/α,β-unsaturated/α-hetero) is 2. The van der Waals surface area contributed by atoms with E-state index < -0.39 is 35.1 Å². The number of H-pyrrole nitrogens is 1. The number of aliphatic hydroxyl groups is 2. The molecule has 2 fully saturated rings. The van der Waals surface area contributed by atoms with Crippen molar-refractivity contribution < 1.29 is 24.6 Å². The molecule has 6 rings (SSSR count). The lowest BCUT2D eigenvalue weighted by Crippen LogP contribution is -2.59. The van der Waals surface area contributed by atoms with Crippen molar-refractivity contribution in [2.45, 2.75) is 52.2 Å². The maximum atomic E-state index is 14.6. The van der Waals surface area contributed by atoms with E-state index in [0.29, 0.717) is 24.0 Å². The van der Waals surface area contributed by atoms with Gasteiger partial charge >= 0.3 is 0 Å². The van der Waals surface area contributed by atoms with Crippen molar-refractivity contribution in [3.05, 3.63) is 71.7 Å². The monoisotopic (exact) mass is 528 g/mol. The molecule has 1 saturated carbocycles. The number of allylic oxidation sites excluding steroid dienone is 3. The predicted octanol–water partition coefficient (Wildman–Crippen LogP) is 4.20. The normalized spacial score (nSPS) is 38.6. The molecular formula is C32H36N2O5. The van der Waals surface area contributed by atoms with Gasteiger partial charge < -0.3 is 20.5 Å². The molecule has 204 valence electrons. The molecule has 1 amide bonds. The molecule has 1 aromatic heterocycles. The molecule has 0 radical (unpaired) electrons. The minimum atomic E-state index is -1.54. The van der Waals surface area contributed by atoms with E-state index in [4.69, 9.17) is 0 Å². The van der Waals surface area contributed by atoms with Crippen LogP contribution in [-0.2, 0) is 20.8 Å². The second-order valence-corrected chi connectivity index (χ2v) is 12.2. The molecule has 4 N–H and O–H groups in total. The van der Waals surface area contributed by atoms with Crippen molar-refractivity contribution in [1.82, 2.24) is 10.3 Å². The number of aliphatic hydroxyl groups excluding tert-OH is 2. The maximum absolute atomic E-state index is 14.6. The van der Waals surface area contributed by atoms with Crippen LogP contribution in [0, 0.1) is 40.9 Å². The van der Waals surface area contributed by atoms with E-state index in [1.165, 1.54) is 0 Å². The summed E-state index contributed by atoms with van der Waals surface area (Å²) in [5.74, 6) is -3.93. The van der Waals surface area contributed by atoms with Crippen LogP contribution in [0.4, 0.5) is 0 Å². The second-order valence-electron chi connectivity index (χ2n) is 12.2. The van der Waals surface area contributed by atoms with E-state index in [2.05, 4.69) is 16.9 Å². The summed E-state index contributed by atoms with van der Waals surface area (Å²) >= 11 is 0. The summed E-state index contributed by atoms with van der Waals surface area (Å²) in [7, 11) is 0. The van der Waals surface area contributed by atoms with Crippen molar-refractivity contribution in [3.8, 4) is 0 Å². The third-order valence-corrected chi connectivity index (χ3v) is 10.3. The van der Waals surface area contributed by atoms with E-state index in [1.807, 2.05) is 56.5 Å². The van der Waals surface area contributed by atoms with Crippen LogP contribution in [0.2, 0.25) is 0 Å². The zero-order valence-corrected chi connectivity index (χ0v) is 22.6. The highest BCUT2D eigenvalue weighted by Gasteiger charge is 2.69. The number of benzene rings is 1. The quantitative estimate of drug-likeness (QED) is 0.344. The zero-order chi connectivity index (χ0) is 27.8. The molecule has 1 spiro atoms. The lowest BCUT2D eigenvalue weighted by molar-refractivity contribution is -0.153. The Bertz CT molecular complexity index is 1470. The van der Waals surface area contributed by atoms with E-state index in [-0.39, 0.29) is 47.7 Å². The van der Waals surface area contributed by atoms with Crippen LogP contribution in [0.25, 0.3) is 10.9 Å². The van der Waals surface area contributed by atoms with E-state index in [1.54, 1.807) is 6.92 Å². The predicted molar refractivity (Wildman–Crippen MR) is 148 cm³/mol. The Morgan fingerprint density at radius 3 is 2.67 bits per heavy atom. The highest BCUT2D eigenvalue weighted by Crippen LogP contribution is 2.58. The van der Waals surface area contributed by atoms with Gasteiger partial charge in [0.15, 0.2) is 5.76 Å². The fourth-order valence-electron chi connectivity index (χ4n) is 8.40. The Morgan fingerprint density at radius 2 is 1.90 bits per heavy atom. The van der Waals surface area contributed by atoms with Crippen LogP contribution < -0.4 is 5.32 Å². The number of para-hydroxylation sites is 1. The van der Waals surface area contributed by atoms with Gasteiger partial charge in [0.2, 0.25) is 11.7 Å². The van der Waals surface area contributed by atoms with Crippen LogP contribution in [0.1, 0.15) is 39.2 Å². The average molecular weight is 529 g/mol. The highest BCUT2D eigenvalue weighted by atomic mass is 16.3. The number of rotatable bonds is 2. The first-order valence-corrected chi connectivity index (χ1v) is 14.0. The average Bonchev–Trinajstić information content (AvgIpc) is 3.52. The zero-order valence-electron chi connectivity index (χ0n) is 22.6. The van der Waals surface area contributed by atoms with Crippen molar-refractivity contribution in [1.29, 1.82) is 0 Å². The Morgan fingerprint density at radius 1 is 1.15 bits per heavy atom. The third-order valence-electron chi connectivity index (χ3n) is 10.3. The molecule has 0 bridgehead atoms. The third kappa shape index (κ3) is 3.48. The smallest absolute Gasteiger partial charge is 0.235 e. The molecule has 4 aliphatic rings. The van der Waals surface area contributed by atoms with Crippen LogP contribution >= 0.6 is 0 Å². The summed E-state index contributed by atoms with van der Waals surface area (Å²) in [4.78, 5) is 45.2. The lowest BCUT2D eigenvalue weighted by atomic mass is 9.51. The molecule has 3 aliphatic carbocycles. The summed E-state index contributed by atoms with van der Waals surface area (Å²) in [5.41, 5.74) is 1.74. The summed E-state index contributed by atoms with van der Waals surface area (Å²) in [5, 5.41) is 26.3. The van der Waals surface area contributed by atoms with Crippen molar-refractivity contribution in [2.24, 2.45) is 40.9 Å². The topological polar surface area (TPSA) is 119 Å². The number of nitrogens with one attached hydrogen (secondary N) is 2. The number of carbonyl (C=O) groups excluding carboxylic acids is 3. The van der Waals surface area contributed by atoms with Crippen molar-refractivity contribution >= 4 is 28.4 Å². The van der Waals surface area contributed by atoms with Crippen LogP contribution in [0.5, 0.6) is 0 Å². The van der Waals surface area contributed by atoms with Crippen molar-refractivity contribution in [2.75, 3.05) is 0 Å². The van der Waals surface area contributed by atoms with E-state index >= 15 is 0 Å². The number of hydrogen-bond donors (Lipinski definition) is 4. The minimum Gasteiger partial charge on any atom is -0.504 e. The standard InChI is InChI=1S/C32H36N2O5/c1-15-8-7-10-22-28(36)17(3)16(2)27-24(12-19-14-33-23-11-6-5-9-20(19)23)34-31(39)32(22,27)25(35)13-21-26(15)18(4)29(37)30(21)38/h5-7,9-11,14-16,21-22,24,26-28,33,36-37H,3,8,12-13H2,1-2,4H3,(H,34,39)/t15-,16+,21-,22-,24-,26+,27-,28+,32+/m0/s1. The van der Waals surface area contributed by atoms with Crippen LogP contribution in [-0.4, -0.2) is 44.8 Å². The highest BCUT2D eigenvalue weighted by molar-refractivity contribution is 6.11. The number of aromatic amines is 1. The van der Waals surface area contributed by atoms with Crippen LogP contribution in [0.3, 0.4) is 0 Å². The second kappa shape index (κ2) is 9.05. The first kappa shape index (κ1) is 25.8. The number of aromatic nitrogens is 1. The largest absolute Gasteiger partial charge is 0.504 e. The Kier molecular flexibility index (Phi) is 5.99. The SMILES string of the molecule is C=C1[C@@H](C)[C@H]2[C@H](Cc3c[nH]c4ccccc34)NC(=O)[C@]23C(=O)C[C@@H]2C(=O)C(O)=C(C)[C@H]2[C@@H](C)CC=C[C@H]3[C@@H]1O. The summed E-state index contributed by atoms with van der Waals surface area (Å²) < 4.78 is 0. The van der Waals surface area contributed by atoms with E-state index in [9.17, 15) is 24.6 Å². The molecule has 2 heterocycles. The summed E-state index contributed by atoms with van der Waals surface area (Å²) in [6.07, 6.45) is 5.63. The Hall–Kier alpha value is -3.45. The van der Waals surface area contributed by atoms with Gasteiger partial charge in [-0.2, -0.15) is 0 Å². The molecular weight excluding hydrogens is 492 g/mol. The molecule has 2 aromatic rings. The molecule has 0 unspecified atom stereocenters. The van der Waals surface area contributed by atoms with Gasteiger partial charge in [-0.1, -0.05) is 50.8 Å². The summed E-state index contributed by atoms with van der Waals surface area (Å²) in [6.45, 7) is 9.93. The minimum absolute atomic E-state index is 0.00683. The van der Waals surface area contributed by atoms with E-state index in [0.717, 1.165) is 16.5 Å². The first-order valence-electron chi connectivity index (χ1n) is 14.0. The van der Waals surface area contributed by atoms with Gasteiger partial charge in [-0.25, -0.2) is 0 Å². The Balaban J connectivity index is 1.47. The van der Waals surface area contributed by atoms with Gasteiger partial charge in [-0.05, 0) is 60.3 Å². The number of carbonyl (C=O) groups is 3. The molecule has 7 nitrogen and oxygen atoms in total. The van der Waals surface area contributed by atoms with Gasteiger partial charge in [0.1, 0.15) is 11.2 Å². The van der Waals surface area contributed by atoms with Crippen LogP contribution in [0.15, 0.2) is 66.1 Å². The molecule has 39 heavy (non-hydrogen) atoms. The molecule has 7 heteroatoms.